The fraction of sp³-hybridized carbons (Fsp3) is 0.361. The van der Waals surface area contributed by atoms with E-state index in [0.29, 0.717) is 30.2 Å². The summed E-state index contributed by atoms with van der Waals surface area (Å²) in [5, 5.41) is 4.58. The third-order valence-electron chi connectivity index (χ3n) is 8.65. The van der Waals surface area contributed by atoms with Crippen LogP contribution in [-0.4, -0.2) is 60.4 Å². The minimum atomic E-state index is -4.53. The van der Waals surface area contributed by atoms with Gasteiger partial charge in [0.05, 0.1) is 35.5 Å². The Morgan fingerprint density at radius 2 is 1.40 bits per heavy atom. The predicted octanol–water partition coefficient (Wildman–Crippen LogP) is 8.32. The number of alkyl halides is 3. The lowest BCUT2D eigenvalue weighted by atomic mass is 9.96. The molecule has 52 heavy (non-hydrogen) atoms. The van der Waals surface area contributed by atoms with Crippen molar-refractivity contribution in [3.63, 3.8) is 0 Å². The highest BCUT2D eigenvalue weighted by molar-refractivity contribution is 7.06. The van der Waals surface area contributed by atoms with Crippen LogP contribution in [-0.2, 0) is 28.6 Å². The minimum absolute atomic E-state index is 0. The maximum absolute atomic E-state index is 13.1. The van der Waals surface area contributed by atoms with Crippen LogP contribution in [0.25, 0.3) is 22.8 Å². The third kappa shape index (κ3) is 10.2. The summed E-state index contributed by atoms with van der Waals surface area (Å²) in [6.07, 6.45) is 2.21. The summed E-state index contributed by atoms with van der Waals surface area (Å²) < 4.78 is 47.5. The maximum Gasteiger partial charge on any atom is 0.417 e. The van der Waals surface area contributed by atoms with Crippen molar-refractivity contribution in [2.45, 2.75) is 69.6 Å². The molecule has 3 aromatic heterocycles. The Labute approximate surface area is 318 Å². The number of pyridine rings is 1. The van der Waals surface area contributed by atoms with Gasteiger partial charge in [0.15, 0.2) is 23.2 Å². The summed E-state index contributed by atoms with van der Waals surface area (Å²) in [6.45, 7) is 1.45. The summed E-state index contributed by atoms with van der Waals surface area (Å²) in [4.78, 5) is 39.9. The van der Waals surface area contributed by atoms with Crippen LogP contribution < -0.4 is 10.2 Å². The van der Waals surface area contributed by atoms with E-state index in [4.69, 9.17) is 11.6 Å². The molecule has 0 aliphatic carbocycles. The van der Waals surface area contributed by atoms with Crippen LogP contribution in [0.1, 0.15) is 54.1 Å². The summed E-state index contributed by atoms with van der Waals surface area (Å²) in [7, 11) is 0. The first kappa shape index (κ1) is 39.4. The van der Waals surface area contributed by atoms with Gasteiger partial charge in [-0.3, -0.25) is 9.59 Å². The number of ketones is 2. The van der Waals surface area contributed by atoms with Crippen LogP contribution in [0.4, 0.5) is 19.0 Å². The number of benzene rings is 2. The standard InChI is InChI=1S/C21H18ClF3N4OS.C15H17N3OS.ClH/c22-15-10-14(21(23,24)25)12-26-20(15)29-9-5-4-8-16(29)17(30)11-18-27-19(28-31-18)13-6-2-1-3-7-13;19-13(12-8-4-5-9-16-12)10-14-17-15(18-20-14)11-6-2-1-3-7-11;/h1-3,6-7,10,12,16H,4-5,8-9,11H2;1-3,6-7,12,16H,4-5,8-10H2;1H/t16-;12-;/m00./s1. The van der Waals surface area contributed by atoms with Gasteiger partial charge in [0.2, 0.25) is 0 Å². The largest absolute Gasteiger partial charge is 0.417 e. The number of aromatic nitrogens is 5. The summed E-state index contributed by atoms with van der Waals surface area (Å²) in [5.41, 5.74) is 0.958. The number of halogens is 5. The second-order valence-electron chi connectivity index (χ2n) is 12.3. The number of hydrogen-bond acceptors (Lipinski definition) is 11. The summed E-state index contributed by atoms with van der Waals surface area (Å²) in [6, 6.07) is 19.7. The average molecular weight is 791 g/mol. The Morgan fingerprint density at radius 1 is 0.827 bits per heavy atom. The number of rotatable bonds is 9. The van der Waals surface area contributed by atoms with E-state index >= 15 is 0 Å². The van der Waals surface area contributed by atoms with Gasteiger partial charge in [0, 0.05) is 23.9 Å². The molecule has 16 heteroatoms. The topological polar surface area (TPSA) is 114 Å². The number of nitrogens with one attached hydrogen (secondary N) is 1. The molecule has 274 valence electrons. The molecule has 2 aliphatic rings. The highest BCUT2D eigenvalue weighted by Gasteiger charge is 2.35. The zero-order valence-corrected chi connectivity index (χ0v) is 31.1. The van der Waals surface area contributed by atoms with Crippen molar-refractivity contribution in [2.75, 3.05) is 18.0 Å². The molecule has 5 aromatic rings. The molecule has 0 amide bonds. The number of hydrogen-bond donors (Lipinski definition) is 1. The Balaban J connectivity index is 0.000000215. The molecule has 9 nitrogen and oxygen atoms in total. The van der Waals surface area contributed by atoms with Crippen LogP contribution in [0.2, 0.25) is 5.02 Å². The lowest BCUT2D eigenvalue weighted by Crippen LogP contribution is -2.46. The number of nitrogens with zero attached hydrogens (tertiary/aromatic N) is 6. The molecule has 2 aliphatic heterocycles. The van der Waals surface area contributed by atoms with Crippen molar-refractivity contribution in [2.24, 2.45) is 0 Å². The first-order chi connectivity index (χ1) is 24.7. The van der Waals surface area contributed by atoms with E-state index in [1.165, 1.54) is 29.5 Å². The van der Waals surface area contributed by atoms with Gasteiger partial charge in [-0.2, -0.15) is 21.9 Å². The monoisotopic (exact) mass is 789 g/mol. The molecule has 7 rings (SSSR count). The van der Waals surface area contributed by atoms with Crippen LogP contribution in [0.15, 0.2) is 72.9 Å². The van der Waals surface area contributed by atoms with Gasteiger partial charge in [-0.25, -0.2) is 15.0 Å². The van der Waals surface area contributed by atoms with Crippen molar-refractivity contribution in [3.05, 3.63) is 93.5 Å². The highest BCUT2D eigenvalue weighted by atomic mass is 35.5. The van der Waals surface area contributed by atoms with Crippen LogP contribution in [0.5, 0.6) is 0 Å². The Hall–Kier alpha value is -3.82. The number of carbonyl (C=O) groups is 2. The van der Waals surface area contributed by atoms with Crippen molar-refractivity contribution in [1.82, 2.24) is 29.0 Å². The van der Waals surface area contributed by atoms with Crippen molar-refractivity contribution >= 4 is 64.5 Å². The van der Waals surface area contributed by atoms with Gasteiger partial charge >= 0.3 is 6.18 Å². The van der Waals surface area contributed by atoms with Gasteiger partial charge in [0.25, 0.3) is 0 Å². The Bertz CT molecular complexity index is 1920. The number of Topliss-reactive ketones (excluding diaryl/α,β-unsaturated/α-hetero) is 2. The Kier molecular flexibility index (Phi) is 13.9. The van der Waals surface area contributed by atoms with Gasteiger partial charge < -0.3 is 10.2 Å². The molecular formula is C36H36Cl2F3N7O2S2. The second kappa shape index (κ2) is 18.3. The lowest BCUT2D eigenvalue weighted by Gasteiger charge is -2.36. The van der Waals surface area contributed by atoms with Crippen molar-refractivity contribution in [1.29, 1.82) is 0 Å². The van der Waals surface area contributed by atoms with Crippen LogP contribution in [0.3, 0.4) is 0 Å². The van der Waals surface area contributed by atoms with E-state index < -0.39 is 17.8 Å². The molecule has 2 saturated heterocycles. The zero-order valence-electron chi connectivity index (χ0n) is 27.9. The fourth-order valence-electron chi connectivity index (χ4n) is 6.04. The molecule has 0 saturated carbocycles. The van der Waals surface area contributed by atoms with E-state index in [9.17, 15) is 22.8 Å². The van der Waals surface area contributed by atoms with E-state index in [-0.39, 0.29) is 47.3 Å². The SMILES string of the molecule is Cl.O=C(Cc1nc(-c2ccccc2)ns1)[C@@H]1CCCCN1.O=C(Cc1nc(-c2ccccc2)ns1)[C@@H]1CCCCN1c1ncc(C(F)(F)F)cc1Cl. The van der Waals surface area contributed by atoms with E-state index in [2.05, 4.69) is 29.0 Å². The third-order valence-corrected chi connectivity index (χ3v) is 10.3. The van der Waals surface area contributed by atoms with E-state index in [1.54, 1.807) is 4.90 Å². The fourth-order valence-corrected chi connectivity index (χ4v) is 7.66. The maximum atomic E-state index is 13.1. The highest BCUT2D eigenvalue weighted by Crippen LogP contribution is 2.36. The van der Waals surface area contributed by atoms with Crippen LogP contribution >= 0.6 is 47.1 Å². The van der Waals surface area contributed by atoms with E-state index in [1.807, 2.05) is 60.7 Å². The number of piperidine rings is 2. The molecular weight excluding hydrogens is 754 g/mol. The zero-order chi connectivity index (χ0) is 35.8. The molecule has 0 spiro atoms. The second-order valence-corrected chi connectivity index (χ2v) is 14.4. The van der Waals surface area contributed by atoms with Crippen molar-refractivity contribution in [3.8, 4) is 22.8 Å². The molecule has 0 bridgehead atoms. The van der Waals surface area contributed by atoms with Gasteiger partial charge in [0.1, 0.15) is 15.8 Å². The van der Waals surface area contributed by atoms with E-state index in [0.717, 1.165) is 66.5 Å². The summed E-state index contributed by atoms with van der Waals surface area (Å²) in [5.74, 6) is 1.65. The smallest absolute Gasteiger partial charge is 0.345 e. The Morgan fingerprint density at radius 3 is 1.94 bits per heavy atom. The number of carbonyl (C=O) groups excluding carboxylic acids is 2. The predicted molar refractivity (Wildman–Crippen MR) is 200 cm³/mol. The molecule has 2 atom stereocenters. The van der Waals surface area contributed by atoms with Gasteiger partial charge in [-0.15, -0.1) is 12.4 Å². The average Bonchev–Trinajstić information content (AvgIpc) is 3.83. The lowest BCUT2D eigenvalue weighted by molar-refractivity contribution is -0.137. The van der Waals surface area contributed by atoms with Gasteiger partial charge in [-0.1, -0.05) is 78.7 Å². The molecule has 1 N–H and O–H groups in total. The first-order valence-electron chi connectivity index (χ1n) is 16.7. The molecule has 0 unspecified atom stereocenters. The summed E-state index contributed by atoms with van der Waals surface area (Å²) >= 11 is 8.64. The minimum Gasteiger partial charge on any atom is -0.345 e. The van der Waals surface area contributed by atoms with Crippen molar-refractivity contribution < 1.29 is 22.8 Å². The molecule has 5 heterocycles. The van der Waals surface area contributed by atoms with Gasteiger partial charge in [-0.05, 0) is 67.8 Å². The molecule has 2 fully saturated rings. The molecule has 2 aromatic carbocycles. The quantitative estimate of drug-likeness (QED) is 0.158. The van der Waals surface area contributed by atoms with Crippen LogP contribution in [0, 0.1) is 0 Å². The first-order valence-corrected chi connectivity index (χ1v) is 18.6. The normalized spacial score (nSPS) is 17.4. The number of anilines is 1. The molecule has 0 radical (unpaired) electrons.